The monoisotopic (exact) mass is 208 g/mol. The molecule has 0 aromatic carbocycles. The number of hydrogen-bond donors (Lipinski definition) is 0. The summed E-state index contributed by atoms with van der Waals surface area (Å²) in [5.41, 5.74) is 0.770. The molecule has 1 rings (SSSR count). The van der Waals surface area contributed by atoms with Crippen molar-refractivity contribution in [2.45, 2.75) is 45.6 Å². The van der Waals surface area contributed by atoms with E-state index in [9.17, 15) is 4.79 Å². The number of carbonyl (C=O) groups is 1. The van der Waals surface area contributed by atoms with Crippen LogP contribution in [0, 0.1) is 5.92 Å². The van der Waals surface area contributed by atoms with E-state index in [0.717, 1.165) is 18.4 Å². The lowest BCUT2D eigenvalue weighted by Gasteiger charge is -2.13. The van der Waals surface area contributed by atoms with Crippen molar-refractivity contribution >= 4 is 5.97 Å². The summed E-state index contributed by atoms with van der Waals surface area (Å²) in [7, 11) is 0. The molecule has 0 amide bonds. The van der Waals surface area contributed by atoms with Gasteiger partial charge in [-0.3, -0.25) is 0 Å². The van der Waals surface area contributed by atoms with Crippen LogP contribution in [0.1, 0.15) is 39.5 Å². The van der Waals surface area contributed by atoms with E-state index in [1.807, 2.05) is 19.1 Å². The van der Waals surface area contributed by atoms with Gasteiger partial charge >= 0.3 is 5.97 Å². The fraction of sp³-hybridized carbons (Fsp3) is 0.615. The van der Waals surface area contributed by atoms with Gasteiger partial charge in [-0.2, -0.15) is 0 Å². The van der Waals surface area contributed by atoms with Crippen LogP contribution >= 0.6 is 0 Å². The Bertz CT molecular complexity index is 266. The van der Waals surface area contributed by atoms with E-state index >= 15 is 0 Å². The first kappa shape index (κ1) is 12.0. The van der Waals surface area contributed by atoms with Crippen molar-refractivity contribution in [3.8, 4) is 0 Å². The van der Waals surface area contributed by atoms with Gasteiger partial charge in [-0.15, -0.1) is 6.58 Å². The average molecular weight is 208 g/mol. The van der Waals surface area contributed by atoms with Crippen molar-refractivity contribution in [2.75, 3.05) is 0 Å². The normalized spacial score (nSPS) is 28.1. The topological polar surface area (TPSA) is 26.3 Å². The number of rotatable bonds is 5. The predicted octanol–water partition coefficient (Wildman–Crippen LogP) is 3.24. The summed E-state index contributed by atoms with van der Waals surface area (Å²) in [5, 5.41) is 0. The number of hydrogen-bond acceptors (Lipinski definition) is 2. The van der Waals surface area contributed by atoms with Crippen LogP contribution in [-0.2, 0) is 9.53 Å². The summed E-state index contributed by atoms with van der Waals surface area (Å²) in [5.74, 6) is -0.0664. The smallest absolute Gasteiger partial charge is 0.334 e. The van der Waals surface area contributed by atoms with E-state index in [0.29, 0.717) is 0 Å². The van der Waals surface area contributed by atoms with Gasteiger partial charge in [0.05, 0.1) is 0 Å². The van der Waals surface area contributed by atoms with Crippen LogP contribution in [0.5, 0.6) is 0 Å². The van der Waals surface area contributed by atoms with Crippen LogP contribution in [0.2, 0.25) is 0 Å². The lowest BCUT2D eigenvalue weighted by Crippen LogP contribution is -2.14. The SMILES string of the molecule is C=C[C@H]1/C(=C/C)C(=O)O[C@@H]1CCCCC. The molecule has 0 aromatic heterocycles. The zero-order chi connectivity index (χ0) is 11.3. The highest BCUT2D eigenvalue weighted by molar-refractivity contribution is 5.91. The first-order chi connectivity index (χ1) is 7.24. The van der Waals surface area contributed by atoms with E-state index in [1.54, 1.807) is 0 Å². The van der Waals surface area contributed by atoms with Crippen LogP contribution < -0.4 is 0 Å². The minimum absolute atomic E-state index is 0.0211. The molecule has 0 saturated carbocycles. The fourth-order valence-electron chi connectivity index (χ4n) is 2.04. The molecular weight excluding hydrogens is 188 g/mol. The maximum Gasteiger partial charge on any atom is 0.334 e. The van der Waals surface area contributed by atoms with Crippen LogP contribution in [0.25, 0.3) is 0 Å². The molecule has 15 heavy (non-hydrogen) atoms. The highest BCUT2D eigenvalue weighted by Gasteiger charge is 2.36. The minimum atomic E-state index is -0.163. The van der Waals surface area contributed by atoms with Crippen molar-refractivity contribution < 1.29 is 9.53 Å². The van der Waals surface area contributed by atoms with Crippen molar-refractivity contribution in [1.82, 2.24) is 0 Å². The summed E-state index contributed by atoms with van der Waals surface area (Å²) in [6.07, 6.45) is 8.15. The molecule has 0 bridgehead atoms. The Morgan fingerprint density at radius 2 is 2.20 bits per heavy atom. The fourth-order valence-corrected chi connectivity index (χ4v) is 2.04. The first-order valence-electron chi connectivity index (χ1n) is 5.74. The van der Waals surface area contributed by atoms with Gasteiger partial charge in [-0.05, 0) is 19.8 Å². The molecule has 1 aliphatic rings. The van der Waals surface area contributed by atoms with Crippen molar-refractivity contribution in [2.24, 2.45) is 5.92 Å². The number of unbranched alkanes of at least 4 members (excludes halogenated alkanes) is 2. The Hall–Kier alpha value is -1.05. The average Bonchev–Trinajstić information content (AvgIpc) is 2.54. The highest BCUT2D eigenvalue weighted by atomic mass is 16.6. The molecule has 1 saturated heterocycles. The summed E-state index contributed by atoms with van der Waals surface area (Å²) < 4.78 is 5.34. The second kappa shape index (κ2) is 5.74. The quantitative estimate of drug-likeness (QED) is 0.300. The van der Waals surface area contributed by atoms with Gasteiger partial charge in [0.25, 0.3) is 0 Å². The number of cyclic esters (lactones) is 1. The first-order valence-corrected chi connectivity index (χ1v) is 5.74. The van der Waals surface area contributed by atoms with E-state index in [1.165, 1.54) is 12.8 Å². The maximum absolute atomic E-state index is 11.5. The lowest BCUT2D eigenvalue weighted by atomic mass is 9.93. The number of ether oxygens (including phenoxy) is 1. The molecular formula is C13H20O2. The van der Waals surface area contributed by atoms with Crippen molar-refractivity contribution in [3.63, 3.8) is 0 Å². The van der Waals surface area contributed by atoms with Gasteiger partial charge < -0.3 is 4.74 Å². The Kier molecular flexibility index (Phi) is 4.60. The molecule has 84 valence electrons. The van der Waals surface area contributed by atoms with Gasteiger partial charge in [0.2, 0.25) is 0 Å². The molecule has 0 aromatic rings. The van der Waals surface area contributed by atoms with E-state index in [2.05, 4.69) is 13.5 Å². The van der Waals surface area contributed by atoms with E-state index in [-0.39, 0.29) is 18.0 Å². The Morgan fingerprint density at radius 3 is 2.73 bits per heavy atom. The van der Waals surface area contributed by atoms with Crippen LogP contribution in [0.15, 0.2) is 24.3 Å². The van der Waals surface area contributed by atoms with Crippen LogP contribution in [-0.4, -0.2) is 12.1 Å². The maximum atomic E-state index is 11.5. The molecule has 1 aliphatic heterocycles. The van der Waals surface area contributed by atoms with Gasteiger partial charge in [0.1, 0.15) is 6.10 Å². The van der Waals surface area contributed by atoms with Gasteiger partial charge in [0, 0.05) is 11.5 Å². The zero-order valence-electron chi connectivity index (χ0n) is 9.66. The molecule has 2 atom stereocenters. The molecule has 1 heterocycles. The van der Waals surface area contributed by atoms with Gasteiger partial charge in [0.15, 0.2) is 0 Å². The molecule has 0 aliphatic carbocycles. The molecule has 2 heteroatoms. The number of carbonyl (C=O) groups excluding carboxylic acids is 1. The standard InChI is InChI=1S/C13H20O2/c1-4-7-8-9-12-10(5-2)11(6-3)13(14)15-12/h5-6,10,12H,2,4,7-9H2,1,3H3/b11-6-/t10-,12+/m0/s1. The summed E-state index contributed by atoms with van der Waals surface area (Å²) in [6, 6.07) is 0. The lowest BCUT2D eigenvalue weighted by molar-refractivity contribution is -0.139. The number of esters is 1. The summed E-state index contributed by atoms with van der Waals surface area (Å²) in [6.45, 7) is 7.83. The van der Waals surface area contributed by atoms with E-state index in [4.69, 9.17) is 4.74 Å². The Morgan fingerprint density at radius 1 is 1.47 bits per heavy atom. The Labute approximate surface area is 92.0 Å². The molecule has 0 radical (unpaired) electrons. The predicted molar refractivity (Wildman–Crippen MR) is 61.5 cm³/mol. The van der Waals surface area contributed by atoms with Gasteiger partial charge in [-0.25, -0.2) is 4.79 Å². The summed E-state index contributed by atoms with van der Waals surface area (Å²) >= 11 is 0. The second-order valence-corrected chi connectivity index (χ2v) is 3.95. The largest absolute Gasteiger partial charge is 0.458 e. The molecule has 1 fully saturated rings. The highest BCUT2D eigenvalue weighted by Crippen LogP contribution is 2.31. The second-order valence-electron chi connectivity index (χ2n) is 3.95. The zero-order valence-corrected chi connectivity index (χ0v) is 9.66. The third-order valence-corrected chi connectivity index (χ3v) is 2.91. The molecule has 2 nitrogen and oxygen atoms in total. The van der Waals surface area contributed by atoms with Crippen molar-refractivity contribution in [3.05, 3.63) is 24.3 Å². The summed E-state index contributed by atoms with van der Waals surface area (Å²) in [4.78, 5) is 11.5. The van der Waals surface area contributed by atoms with Crippen LogP contribution in [0.4, 0.5) is 0 Å². The van der Waals surface area contributed by atoms with Crippen LogP contribution in [0.3, 0.4) is 0 Å². The molecule has 0 spiro atoms. The van der Waals surface area contributed by atoms with Crippen molar-refractivity contribution in [1.29, 1.82) is 0 Å². The minimum Gasteiger partial charge on any atom is -0.458 e. The third-order valence-electron chi connectivity index (χ3n) is 2.91. The molecule has 0 N–H and O–H groups in total. The van der Waals surface area contributed by atoms with Gasteiger partial charge in [-0.1, -0.05) is 31.9 Å². The van der Waals surface area contributed by atoms with E-state index < -0.39 is 0 Å². The number of allylic oxidation sites excluding steroid dienone is 1. The third kappa shape index (κ3) is 2.71. The Balaban J connectivity index is 2.59. The molecule has 0 unspecified atom stereocenters.